The Hall–Kier alpha value is -0.200. The molecule has 0 heterocycles. The lowest BCUT2D eigenvalue weighted by atomic mass is 10.3. The third-order valence-electron chi connectivity index (χ3n) is 2.60. The maximum Gasteiger partial charge on any atom is 0.0897 e. The molecule has 0 amide bonds. The summed E-state index contributed by atoms with van der Waals surface area (Å²) in [4.78, 5) is 0. The molecule has 5 heteroatoms. The highest BCUT2D eigenvalue weighted by Gasteiger charge is 2.21. The molecule has 1 saturated carbocycles. The first kappa shape index (κ1) is 14.9. The largest absolute Gasteiger partial charge is 0.389 e. The van der Waals surface area contributed by atoms with Crippen LogP contribution in [0, 0.1) is 5.92 Å². The van der Waals surface area contributed by atoms with Crippen LogP contribution in [-0.4, -0.2) is 64.4 Å². The Morgan fingerprint density at radius 3 is 2.76 bits per heavy atom. The fourth-order valence-electron chi connectivity index (χ4n) is 1.37. The van der Waals surface area contributed by atoms with Crippen molar-refractivity contribution in [3.8, 4) is 0 Å². The first-order valence-electron chi connectivity index (χ1n) is 6.36. The highest BCUT2D eigenvalue weighted by atomic mass is 16.5. The van der Waals surface area contributed by atoms with E-state index in [4.69, 9.17) is 14.2 Å². The van der Waals surface area contributed by atoms with E-state index in [1.165, 1.54) is 12.8 Å². The molecular formula is C12H25NO4. The van der Waals surface area contributed by atoms with Crippen molar-refractivity contribution in [1.29, 1.82) is 0 Å². The zero-order valence-corrected chi connectivity index (χ0v) is 10.7. The van der Waals surface area contributed by atoms with Crippen LogP contribution in [0.15, 0.2) is 0 Å². The van der Waals surface area contributed by atoms with Gasteiger partial charge >= 0.3 is 0 Å². The molecule has 1 atom stereocenters. The molecule has 1 aliphatic carbocycles. The van der Waals surface area contributed by atoms with Gasteiger partial charge in [-0.3, -0.25) is 0 Å². The van der Waals surface area contributed by atoms with Crippen molar-refractivity contribution in [2.75, 3.05) is 53.2 Å². The second-order valence-corrected chi connectivity index (χ2v) is 4.44. The monoisotopic (exact) mass is 247 g/mol. The summed E-state index contributed by atoms with van der Waals surface area (Å²) in [5.41, 5.74) is 0. The molecule has 0 saturated heterocycles. The molecule has 1 unspecified atom stereocenters. The highest BCUT2D eigenvalue weighted by Crippen LogP contribution is 2.28. The first-order chi connectivity index (χ1) is 8.33. The third kappa shape index (κ3) is 9.50. The number of rotatable bonds is 12. The van der Waals surface area contributed by atoms with Gasteiger partial charge in [0, 0.05) is 26.8 Å². The lowest BCUT2D eigenvalue weighted by Gasteiger charge is -2.12. The SMILES string of the molecule is COCCOCCNCC(O)COCC1CC1. The number of hydrogen-bond acceptors (Lipinski definition) is 5. The summed E-state index contributed by atoms with van der Waals surface area (Å²) < 4.78 is 15.5. The summed E-state index contributed by atoms with van der Waals surface area (Å²) in [7, 11) is 1.65. The van der Waals surface area contributed by atoms with Gasteiger partial charge in [-0.15, -0.1) is 0 Å². The fraction of sp³-hybridized carbons (Fsp3) is 1.00. The molecule has 1 aliphatic rings. The van der Waals surface area contributed by atoms with Crippen LogP contribution in [0.25, 0.3) is 0 Å². The van der Waals surface area contributed by atoms with E-state index in [9.17, 15) is 5.11 Å². The Kier molecular flexibility index (Phi) is 8.56. The van der Waals surface area contributed by atoms with Crippen molar-refractivity contribution >= 4 is 0 Å². The van der Waals surface area contributed by atoms with Crippen LogP contribution in [-0.2, 0) is 14.2 Å². The van der Waals surface area contributed by atoms with Crippen LogP contribution < -0.4 is 5.32 Å². The fourth-order valence-corrected chi connectivity index (χ4v) is 1.37. The van der Waals surface area contributed by atoms with Crippen molar-refractivity contribution in [3.63, 3.8) is 0 Å². The van der Waals surface area contributed by atoms with Crippen molar-refractivity contribution < 1.29 is 19.3 Å². The topological polar surface area (TPSA) is 60.0 Å². The Labute approximate surface area is 103 Å². The van der Waals surface area contributed by atoms with Gasteiger partial charge < -0.3 is 24.6 Å². The number of hydrogen-bond donors (Lipinski definition) is 2. The van der Waals surface area contributed by atoms with Gasteiger partial charge in [0.05, 0.1) is 32.5 Å². The summed E-state index contributed by atoms with van der Waals surface area (Å²) >= 11 is 0. The summed E-state index contributed by atoms with van der Waals surface area (Å²) in [5.74, 6) is 0.754. The molecule has 1 rings (SSSR count). The van der Waals surface area contributed by atoms with Crippen LogP contribution in [0.5, 0.6) is 0 Å². The van der Waals surface area contributed by atoms with Gasteiger partial charge in [0.15, 0.2) is 0 Å². The molecular weight excluding hydrogens is 222 g/mol. The number of aliphatic hydroxyl groups excluding tert-OH is 1. The van der Waals surface area contributed by atoms with Crippen LogP contribution in [0.1, 0.15) is 12.8 Å². The average molecular weight is 247 g/mol. The van der Waals surface area contributed by atoms with Gasteiger partial charge in [0.1, 0.15) is 0 Å². The van der Waals surface area contributed by atoms with Crippen molar-refractivity contribution in [3.05, 3.63) is 0 Å². The molecule has 5 nitrogen and oxygen atoms in total. The van der Waals surface area contributed by atoms with E-state index in [1.54, 1.807) is 7.11 Å². The molecule has 0 bridgehead atoms. The maximum absolute atomic E-state index is 9.57. The summed E-state index contributed by atoms with van der Waals surface area (Å²) in [6.45, 7) is 4.40. The van der Waals surface area contributed by atoms with E-state index in [1.807, 2.05) is 0 Å². The van der Waals surface area contributed by atoms with Gasteiger partial charge in [-0.25, -0.2) is 0 Å². The van der Waals surface area contributed by atoms with Crippen LogP contribution >= 0.6 is 0 Å². The molecule has 2 N–H and O–H groups in total. The summed E-state index contributed by atoms with van der Waals surface area (Å²) in [5, 5.41) is 12.7. The van der Waals surface area contributed by atoms with Crippen LogP contribution in [0.2, 0.25) is 0 Å². The third-order valence-corrected chi connectivity index (χ3v) is 2.60. The Morgan fingerprint density at radius 2 is 2.06 bits per heavy atom. The smallest absolute Gasteiger partial charge is 0.0897 e. The van der Waals surface area contributed by atoms with Gasteiger partial charge in [-0.1, -0.05) is 0 Å². The van der Waals surface area contributed by atoms with E-state index >= 15 is 0 Å². The summed E-state index contributed by atoms with van der Waals surface area (Å²) in [6, 6.07) is 0. The second kappa shape index (κ2) is 9.79. The number of nitrogens with one attached hydrogen (secondary N) is 1. The quantitative estimate of drug-likeness (QED) is 0.476. The Bertz CT molecular complexity index is 176. The van der Waals surface area contributed by atoms with Crippen molar-refractivity contribution in [2.24, 2.45) is 5.92 Å². The number of methoxy groups -OCH3 is 1. The molecule has 1 fully saturated rings. The van der Waals surface area contributed by atoms with Gasteiger partial charge in [-0.2, -0.15) is 0 Å². The minimum absolute atomic E-state index is 0.423. The Morgan fingerprint density at radius 1 is 1.24 bits per heavy atom. The number of aliphatic hydroxyl groups is 1. The van der Waals surface area contributed by atoms with Gasteiger partial charge in [0.2, 0.25) is 0 Å². The molecule has 0 radical (unpaired) electrons. The van der Waals surface area contributed by atoms with E-state index in [0.717, 1.165) is 19.1 Å². The van der Waals surface area contributed by atoms with Gasteiger partial charge in [-0.05, 0) is 18.8 Å². The molecule has 102 valence electrons. The van der Waals surface area contributed by atoms with Crippen LogP contribution in [0.3, 0.4) is 0 Å². The number of ether oxygens (including phenoxy) is 3. The minimum atomic E-state index is -0.423. The molecule has 0 aliphatic heterocycles. The van der Waals surface area contributed by atoms with Gasteiger partial charge in [0.25, 0.3) is 0 Å². The second-order valence-electron chi connectivity index (χ2n) is 4.44. The van der Waals surface area contributed by atoms with E-state index < -0.39 is 6.10 Å². The molecule has 17 heavy (non-hydrogen) atoms. The molecule has 0 aromatic rings. The maximum atomic E-state index is 9.57. The minimum Gasteiger partial charge on any atom is -0.389 e. The zero-order chi connectivity index (χ0) is 12.3. The predicted octanol–water partition coefficient (Wildman–Crippen LogP) is 0.0265. The lowest BCUT2D eigenvalue weighted by molar-refractivity contribution is 0.0303. The Balaban J connectivity index is 1.74. The normalized spacial score (nSPS) is 17.3. The van der Waals surface area contributed by atoms with E-state index in [0.29, 0.717) is 33.0 Å². The first-order valence-corrected chi connectivity index (χ1v) is 6.36. The average Bonchev–Trinajstić information content (AvgIpc) is 3.12. The molecule has 0 aromatic heterocycles. The van der Waals surface area contributed by atoms with Crippen molar-refractivity contribution in [1.82, 2.24) is 5.32 Å². The standard InChI is InChI=1S/C12H25NO4/c1-15-6-7-16-5-4-13-8-12(14)10-17-9-11-2-3-11/h11-14H,2-10H2,1H3. The van der Waals surface area contributed by atoms with Crippen LogP contribution in [0.4, 0.5) is 0 Å². The van der Waals surface area contributed by atoms with E-state index in [-0.39, 0.29) is 0 Å². The highest BCUT2D eigenvalue weighted by molar-refractivity contribution is 4.72. The lowest BCUT2D eigenvalue weighted by Crippen LogP contribution is -2.32. The van der Waals surface area contributed by atoms with Crippen molar-refractivity contribution in [2.45, 2.75) is 18.9 Å². The van der Waals surface area contributed by atoms with E-state index in [2.05, 4.69) is 5.32 Å². The summed E-state index contributed by atoms with van der Waals surface area (Å²) in [6.07, 6.45) is 2.15. The predicted molar refractivity (Wildman–Crippen MR) is 65.1 cm³/mol. The molecule has 0 spiro atoms. The zero-order valence-electron chi connectivity index (χ0n) is 10.7. The molecule has 0 aromatic carbocycles.